The summed E-state index contributed by atoms with van der Waals surface area (Å²) in [6.45, 7) is 1.68. The van der Waals surface area contributed by atoms with Crippen LogP contribution < -0.4 is 11.1 Å². The van der Waals surface area contributed by atoms with Crippen molar-refractivity contribution in [1.82, 2.24) is 9.88 Å². The fourth-order valence-corrected chi connectivity index (χ4v) is 7.73. The average Bonchev–Trinajstić information content (AvgIpc) is 3.45. The van der Waals surface area contributed by atoms with Crippen LogP contribution in [0.5, 0.6) is 5.75 Å². The van der Waals surface area contributed by atoms with E-state index in [1.54, 1.807) is 25.3 Å². The van der Waals surface area contributed by atoms with Crippen LogP contribution in [0.15, 0.2) is 65.6 Å². The van der Waals surface area contributed by atoms with Gasteiger partial charge in [-0.2, -0.15) is 0 Å². The average molecular weight is 619 g/mol. The normalized spacial score (nSPS) is 28.1. The van der Waals surface area contributed by atoms with E-state index in [0.29, 0.717) is 10.7 Å². The number of carbonyl (C=O) groups excluding carboxylic acids is 3. The number of hydrogen-bond donors (Lipinski definition) is 7. The number of fused-ring (bicyclic) bond motifs is 3. The molecule has 8 N–H and O–H groups in total. The number of amides is 1. The van der Waals surface area contributed by atoms with Crippen molar-refractivity contribution >= 4 is 45.4 Å². The van der Waals surface area contributed by atoms with E-state index in [1.807, 2.05) is 30.3 Å². The lowest BCUT2D eigenvalue weighted by molar-refractivity contribution is -0.169. The van der Waals surface area contributed by atoms with Gasteiger partial charge in [0.1, 0.15) is 22.8 Å². The molecule has 3 aliphatic rings. The van der Waals surface area contributed by atoms with Gasteiger partial charge in [0.15, 0.2) is 16.5 Å². The lowest BCUT2D eigenvalue weighted by Crippen LogP contribution is -2.70. The number of aromatic nitrogens is 1. The van der Waals surface area contributed by atoms with Crippen molar-refractivity contribution in [2.24, 2.45) is 17.6 Å². The van der Waals surface area contributed by atoms with E-state index < -0.39 is 81.4 Å². The largest absolute Gasteiger partial charge is 0.508 e. The lowest BCUT2D eigenvalue weighted by Gasteiger charge is -2.53. The fraction of sp³-hybridized carbons (Fsp3) is 0.290. The summed E-state index contributed by atoms with van der Waals surface area (Å²) in [5.41, 5.74) is 2.41. The molecule has 1 aromatic heterocycles. The number of carbonyl (C=O) groups is 3. The van der Waals surface area contributed by atoms with Crippen LogP contribution in [0.3, 0.4) is 0 Å². The highest BCUT2D eigenvalue weighted by Gasteiger charge is 2.68. The predicted octanol–water partition coefficient (Wildman–Crippen LogP) is 2.36. The third-order valence-corrected chi connectivity index (χ3v) is 9.90. The topological polar surface area (TPSA) is 207 Å². The molecule has 13 heteroatoms. The maximum Gasteiger partial charge on any atom is 0.255 e. The number of nitrogens with one attached hydrogen (secondary N) is 1. The molecule has 0 bridgehead atoms. The van der Waals surface area contributed by atoms with E-state index in [9.17, 15) is 39.9 Å². The van der Waals surface area contributed by atoms with Crippen LogP contribution in [0.1, 0.15) is 24.0 Å². The Morgan fingerprint density at radius 3 is 2.41 bits per heavy atom. The molecule has 0 spiro atoms. The number of benzene rings is 2. The second kappa shape index (κ2) is 10.3. The van der Waals surface area contributed by atoms with E-state index in [2.05, 4.69) is 10.3 Å². The Morgan fingerprint density at radius 2 is 1.77 bits per heavy atom. The van der Waals surface area contributed by atoms with Gasteiger partial charge in [-0.25, -0.2) is 4.98 Å². The monoisotopic (exact) mass is 618 g/mol. The van der Waals surface area contributed by atoms with E-state index in [1.165, 1.54) is 30.3 Å². The van der Waals surface area contributed by atoms with Gasteiger partial charge >= 0.3 is 0 Å². The van der Waals surface area contributed by atoms with Crippen LogP contribution in [0.2, 0.25) is 0 Å². The summed E-state index contributed by atoms with van der Waals surface area (Å²) in [4.78, 5) is 46.2. The van der Waals surface area contributed by atoms with Gasteiger partial charge in [0.2, 0.25) is 5.78 Å². The number of aromatic hydroxyl groups is 1. The summed E-state index contributed by atoms with van der Waals surface area (Å²) < 4.78 is 0. The Hall–Kier alpha value is -4.56. The number of aliphatic hydroxyl groups excluding tert-OH is 3. The van der Waals surface area contributed by atoms with Crippen LogP contribution in [0, 0.1) is 11.8 Å². The number of likely N-dealkylation sites (N-methyl/N-ethyl adjacent to an activating group) is 1. The molecular formula is C31H30N4O8S. The molecule has 44 heavy (non-hydrogen) atoms. The summed E-state index contributed by atoms with van der Waals surface area (Å²) in [6, 6.07) is 11.4. The Kier molecular flexibility index (Phi) is 6.89. The zero-order valence-electron chi connectivity index (χ0n) is 23.8. The molecule has 2 unspecified atom stereocenters. The van der Waals surface area contributed by atoms with Gasteiger partial charge in [0.25, 0.3) is 5.91 Å². The first-order valence-corrected chi connectivity index (χ1v) is 14.6. The quantitative estimate of drug-likeness (QED) is 0.163. The fourth-order valence-electron chi connectivity index (χ4n) is 6.90. The summed E-state index contributed by atoms with van der Waals surface area (Å²) in [5.74, 6) is -9.37. The number of phenols is 1. The molecular weight excluding hydrogens is 588 g/mol. The molecule has 0 aliphatic heterocycles. The molecule has 6 atom stereocenters. The van der Waals surface area contributed by atoms with Crippen molar-refractivity contribution in [1.29, 1.82) is 0 Å². The minimum Gasteiger partial charge on any atom is -0.508 e. The van der Waals surface area contributed by atoms with E-state index in [0.717, 1.165) is 10.4 Å². The smallest absolute Gasteiger partial charge is 0.255 e. The van der Waals surface area contributed by atoms with Crippen molar-refractivity contribution in [3.05, 3.63) is 76.7 Å². The first-order chi connectivity index (χ1) is 20.8. The van der Waals surface area contributed by atoms with Crippen molar-refractivity contribution in [3.8, 4) is 16.2 Å². The maximum absolute atomic E-state index is 14.1. The molecule has 1 heterocycles. The molecule has 0 saturated heterocycles. The summed E-state index contributed by atoms with van der Waals surface area (Å²) in [6.07, 6.45) is 0.0249. The van der Waals surface area contributed by atoms with Crippen LogP contribution >= 0.6 is 11.3 Å². The molecule has 12 nitrogen and oxygen atoms in total. The van der Waals surface area contributed by atoms with Gasteiger partial charge in [0, 0.05) is 17.7 Å². The van der Waals surface area contributed by atoms with Gasteiger partial charge in [-0.3, -0.25) is 19.3 Å². The summed E-state index contributed by atoms with van der Waals surface area (Å²) >= 11 is 1.33. The number of ketones is 2. The van der Waals surface area contributed by atoms with E-state index in [4.69, 9.17) is 5.73 Å². The third kappa shape index (κ3) is 4.00. The zero-order chi connectivity index (χ0) is 31.8. The molecule has 3 aromatic rings. The van der Waals surface area contributed by atoms with Gasteiger partial charge in [0.05, 0.1) is 34.2 Å². The highest BCUT2D eigenvalue weighted by molar-refractivity contribution is 7.18. The van der Waals surface area contributed by atoms with Gasteiger partial charge in [-0.15, -0.1) is 0 Å². The SMILES string of the molecule is C[C@H]1c2ccc(Nc3ncc(-c4ccccc4)s3)c(O)c2C(O)=C2C(=O)[C@]3(O)C(O)=C(C(N)=O)C(=O)[C@@H](N(C)C)C3[C@@H](O)C21. The Bertz CT molecular complexity index is 1800. The number of Topliss-reactive ketones (excluding diaryl/α,β-unsaturated/α-hetero) is 2. The number of phenolic OH excluding ortho intramolecular Hbond substituents is 1. The first kappa shape index (κ1) is 29.5. The standard InChI is InChI=1S/C31H30N4O8S/c1-12-14-9-10-15(34-30-33-11-16(44-30)13-7-5-4-6-8-13)23(36)18(14)24(37)19-17(12)25(38)21-22(35(2)3)26(39)20(29(32)42)28(41)31(21,43)27(19)40/h4-12,17,21-22,25,36-38,41,43H,1-3H3,(H2,32,42)(H,33,34)/t12-,17?,21?,22-,25-,31-/m0/s1. The van der Waals surface area contributed by atoms with Crippen LogP contribution in [-0.4, -0.2) is 84.7 Å². The van der Waals surface area contributed by atoms with Crippen LogP contribution in [0.4, 0.5) is 10.8 Å². The summed E-state index contributed by atoms with van der Waals surface area (Å²) in [5, 5.41) is 61.0. The Balaban J connectivity index is 1.47. The molecule has 1 amide bonds. The number of nitrogens with zero attached hydrogens (tertiary/aromatic N) is 2. The van der Waals surface area contributed by atoms with Gasteiger partial charge in [-0.1, -0.05) is 54.7 Å². The van der Waals surface area contributed by atoms with Crippen LogP contribution in [0.25, 0.3) is 16.2 Å². The Morgan fingerprint density at radius 1 is 1.09 bits per heavy atom. The highest BCUT2D eigenvalue weighted by atomic mass is 32.1. The van der Waals surface area contributed by atoms with Crippen molar-refractivity contribution < 1.29 is 39.9 Å². The number of hydrogen-bond acceptors (Lipinski definition) is 12. The van der Waals surface area contributed by atoms with Gasteiger partial charge in [-0.05, 0) is 37.2 Å². The van der Waals surface area contributed by atoms with Crippen molar-refractivity contribution in [2.75, 3.05) is 19.4 Å². The molecule has 3 aliphatic carbocycles. The predicted molar refractivity (Wildman–Crippen MR) is 161 cm³/mol. The van der Waals surface area contributed by atoms with Crippen molar-refractivity contribution in [3.63, 3.8) is 0 Å². The maximum atomic E-state index is 14.1. The number of rotatable bonds is 5. The number of nitrogens with two attached hydrogens (primary N) is 1. The lowest BCUT2D eigenvalue weighted by atomic mass is 9.54. The molecule has 1 fully saturated rings. The molecule has 2 aromatic carbocycles. The highest BCUT2D eigenvalue weighted by Crippen LogP contribution is 2.56. The molecule has 228 valence electrons. The summed E-state index contributed by atoms with van der Waals surface area (Å²) in [7, 11) is 2.92. The number of aliphatic hydroxyl groups is 4. The second-order valence-corrected chi connectivity index (χ2v) is 12.5. The number of primary amides is 1. The minimum absolute atomic E-state index is 0.106. The second-order valence-electron chi connectivity index (χ2n) is 11.5. The molecule has 6 rings (SSSR count). The van der Waals surface area contributed by atoms with E-state index in [-0.39, 0.29) is 11.3 Å². The van der Waals surface area contributed by atoms with Crippen LogP contribution in [-0.2, 0) is 14.4 Å². The molecule has 1 saturated carbocycles. The van der Waals surface area contributed by atoms with Gasteiger partial charge < -0.3 is 36.6 Å². The minimum atomic E-state index is -2.97. The first-order valence-electron chi connectivity index (χ1n) is 13.8. The Labute approximate surface area is 255 Å². The number of thiazole rings is 1. The van der Waals surface area contributed by atoms with E-state index >= 15 is 0 Å². The number of anilines is 2. The molecule has 0 radical (unpaired) electrons. The third-order valence-electron chi connectivity index (χ3n) is 8.94. The van der Waals surface area contributed by atoms with Crippen molar-refractivity contribution in [2.45, 2.75) is 30.6 Å². The zero-order valence-corrected chi connectivity index (χ0v) is 24.7.